The molecule has 132 valence electrons. The van der Waals surface area contributed by atoms with Crippen LogP contribution in [0.5, 0.6) is 0 Å². The van der Waals surface area contributed by atoms with Crippen LogP contribution in [-0.4, -0.2) is 30.0 Å². The van der Waals surface area contributed by atoms with Crippen molar-refractivity contribution < 1.29 is 14.0 Å². The first kappa shape index (κ1) is 17.0. The maximum atomic E-state index is 12.5. The molecule has 2 aromatic rings. The molecule has 1 aliphatic heterocycles. The Morgan fingerprint density at radius 2 is 2.16 bits per heavy atom. The fourth-order valence-corrected chi connectivity index (χ4v) is 2.94. The van der Waals surface area contributed by atoms with Gasteiger partial charge < -0.3 is 15.1 Å². The van der Waals surface area contributed by atoms with Gasteiger partial charge in [-0.1, -0.05) is 19.9 Å². The van der Waals surface area contributed by atoms with E-state index in [-0.39, 0.29) is 23.6 Å². The lowest BCUT2D eigenvalue weighted by Gasteiger charge is -2.18. The number of amides is 3. The highest BCUT2D eigenvalue weighted by atomic mass is 16.3. The fraction of sp³-hybridized carbons (Fsp3) is 0.389. The van der Waals surface area contributed by atoms with Crippen LogP contribution in [0, 0.1) is 0 Å². The third-order valence-electron chi connectivity index (χ3n) is 4.15. The zero-order valence-electron chi connectivity index (χ0n) is 14.6. The van der Waals surface area contributed by atoms with E-state index in [0.717, 1.165) is 17.7 Å². The lowest BCUT2D eigenvalue weighted by atomic mass is 10.1. The van der Waals surface area contributed by atoms with Gasteiger partial charge in [-0.05, 0) is 31.0 Å². The van der Waals surface area contributed by atoms with Crippen LogP contribution in [0.4, 0.5) is 16.2 Å². The first-order chi connectivity index (χ1) is 12.0. The molecule has 1 aliphatic rings. The van der Waals surface area contributed by atoms with Gasteiger partial charge in [-0.2, -0.15) is 0 Å². The summed E-state index contributed by atoms with van der Waals surface area (Å²) in [6.45, 7) is 6.98. The van der Waals surface area contributed by atoms with Crippen molar-refractivity contribution in [2.45, 2.75) is 33.1 Å². The number of rotatable bonds is 4. The first-order valence-corrected chi connectivity index (χ1v) is 8.44. The van der Waals surface area contributed by atoms with Gasteiger partial charge in [0, 0.05) is 24.7 Å². The molecule has 1 aromatic heterocycles. The van der Waals surface area contributed by atoms with E-state index in [1.165, 1.54) is 6.39 Å². The third kappa shape index (κ3) is 3.35. The summed E-state index contributed by atoms with van der Waals surface area (Å²) < 4.78 is 5.30. The number of carbonyl (C=O) groups is 2. The molecule has 0 aliphatic carbocycles. The molecule has 3 rings (SSSR count). The Morgan fingerprint density at radius 3 is 2.88 bits per heavy atom. The normalized spacial score (nSPS) is 13.0. The molecule has 0 spiro atoms. The summed E-state index contributed by atoms with van der Waals surface area (Å²) in [6, 6.07) is 5.48. The zero-order chi connectivity index (χ0) is 18.0. The molecule has 0 atom stereocenters. The number of nitrogens with zero attached hydrogens (tertiary/aromatic N) is 2. The van der Waals surface area contributed by atoms with E-state index in [0.29, 0.717) is 24.5 Å². The number of aromatic nitrogens is 1. The monoisotopic (exact) mass is 342 g/mol. The molecule has 0 bridgehead atoms. The van der Waals surface area contributed by atoms with E-state index >= 15 is 0 Å². The van der Waals surface area contributed by atoms with Crippen molar-refractivity contribution in [1.82, 2.24) is 10.3 Å². The molecule has 0 radical (unpaired) electrons. The predicted molar refractivity (Wildman–Crippen MR) is 95.1 cm³/mol. The lowest BCUT2D eigenvalue weighted by molar-refractivity contribution is 0.102. The molecule has 2 heterocycles. The largest absolute Gasteiger partial charge is 0.447 e. The minimum absolute atomic E-state index is 0.0662. The molecule has 7 nitrogen and oxygen atoms in total. The van der Waals surface area contributed by atoms with Crippen molar-refractivity contribution in [3.05, 3.63) is 41.6 Å². The van der Waals surface area contributed by atoms with Crippen LogP contribution in [0.1, 0.15) is 48.5 Å². The molecule has 0 fully saturated rings. The van der Waals surface area contributed by atoms with Crippen LogP contribution in [0.15, 0.2) is 29.0 Å². The summed E-state index contributed by atoms with van der Waals surface area (Å²) in [5.74, 6) is 0.305. The Bertz CT molecular complexity index is 797. The van der Waals surface area contributed by atoms with Gasteiger partial charge in [0.05, 0.1) is 5.69 Å². The highest BCUT2D eigenvalue weighted by Gasteiger charge is 2.25. The molecule has 0 unspecified atom stereocenters. The van der Waals surface area contributed by atoms with Crippen molar-refractivity contribution in [1.29, 1.82) is 0 Å². The Kier molecular flexibility index (Phi) is 4.74. The Hall–Kier alpha value is -2.83. The summed E-state index contributed by atoms with van der Waals surface area (Å²) in [5, 5.41) is 5.65. The van der Waals surface area contributed by atoms with E-state index in [1.807, 2.05) is 39.0 Å². The standard InChI is InChI=1S/C18H22N4O3/c1-4-19-18(24)22-8-7-12-5-6-13(9-14(12)22)21-17(23)15-16(11(2)3)25-10-20-15/h5-6,9-11H,4,7-8H2,1-3H3,(H,19,24)(H,21,23). The molecular formula is C18H22N4O3. The molecular weight excluding hydrogens is 320 g/mol. The topological polar surface area (TPSA) is 87.5 Å². The summed E-state index contributed by atoms with van der Waals surface area (Å²) in [6.07, 6.45) is 2.09. The van der Waals surface area contributed by atoms with Crippen LogP contribution < -0.4 is 15.5 Å². The first-order valence-electron chi connectivity index (χ1n) is 8.44. The van der Waals surface area contributed by atoms with Crippen molar-refractivity contribution in [3.8, 4) is 0 Å². The summed E-state index contributed by atoms with van der Waals surface area (Å²) in [5.41, 5.74) is 2.83. The zero-order valence-corrected chi connectivity index (χ0v) is 14.6. The van der Waals surface area contributed by atoms with E-state index in [4.69, 9.17) is 4.42 Å². The number of anilines is 2. The molecule has 25 heavy (non-hydrogen) atoms. The third-order valence-corrected chi connectivity index (χ3v) is 4.15. The van der Waals surface area contributed by atoms with Crippen molar-refractivity contribution in [2.75, 3.05) is 23.3 Å². The van der Waals surface area contributed by atoms with E-state index in [9.17, 15) is 9.59 Å². The van der Waals surface area contributed by atoms with Crippen LogP contribution >= 0.6 is 0 Å². The lowest BCUT2D eigenvalue weighted by Crippen LogP contribution is -2.38. The van der Waals surface area contributed by atoms with E-state index in [2.05, 4.69) is 15.6 Å². The van der Waals surface area contributed by atoms with Crippen LogP contribution in [0.25, 0.3) is 0 Å². The second-order valence-corrected chi connectivity index (χ2v) is 6.25. The highest BCUT2D eigenvalue weighted by Crippen LogP contribution is 2.31. The second kappa shape index (κ2) is 6.96. The SMILES string of the molecule is CCNC(=O)N1CCc2ccc(NC(=O)c3ncoc3C(C)C)cc21. The van der Waals surface area contributed by atoms with Crippen molar-refractivity contribution in [2.24, 2.45) is 0 Å². The summed E-state index contributed by atoms with van der Waals surface area (Å²) >= 11 is 0. The number of urea groups is 1. The molecule has 2 N–H and O–H groups in total. The molecule has 0 saturated heterocycles. The highest BCUT2D eigenvalue weighted by molar-refractivity contribution is 6.04. The second-order valence-electron chi connectivity index (χ2n) is 6.25. The maximum Gasteiger partial charge on any atom is 0.321 e. The molecule has 7 heteroatoms. The number of oxazole rings is 1. The van der Waals surface area contributed by atoms with Crippen LogP contribution in [-0.2, 0) is 6.42 Å². The number of hydrogen-bond acceptors (Lipinski definition) is 4. The summed E-state index contributed by atoms with van der Waals surface area (Å²) in [7, 11) is 0. The average Bonchev–Trinajstić information content (AvgIpc) is 3.21. The van der Waals surface area contributed by atoms with Gasteiger partial charge in [-0.25, -0.2) is 9.78 Å². The van der Waals surface area contributed by atoms with E-state index in [1.54, 1.807) is 4.90 Å². The number of hydrogen-bond donors (Lipinski definition) is 2. The predicted octanol–water partition coefficient (Wildman–Crippen LogP) is 3.14. The number of benzene rings is 1. The average molecular weight is 342 g/mol. The van der Waals surface area contributed by atoms with Gasteiger partial charge >= 0.3 is 6.03 Å². The smallest absolute Gasteiger partial charge is 0.321 e. The van der Waals surface area contributed by atoms with Crippen LogP contribution in [0.2, 0.25) is 0 Å². The Labute approximate surface area is 146 Å². The van der Waals surface area contributed by atoms with Gasteiger partial charge in [0.1, 0.15) is 5.76 Å². The van der Waals surface area contributed by atoms with Gasteiger partial charge in [-0.3, -0.25) is 9.69 Å². The van der Waals surface area contributed by atoms with Crippen molar-refractivity contribution in [3.63, 3.8) is 0 Å². The van der Waals surface area contributed by atoms with E-state index < -0.39 is 0 Å². The minimum atomic E-state index is -0.319. The Balaban J connectivity index is 1.81. The van der Waals surface area contributed by atoms with Crippen LogP contribution in [0.3, 0.4) is 0 Å². The minimum Gasteiger partial charge on any atom is -0.447 e. The quantitative estimate of drug-likeness (QED) is 0.893. The fourth-order valence-electron chi connectivity index (χ4n) is 2.94. The maximum absolute atomic E-state index is 12.5. The van der Waals surface area contributed by atoms with Gasteiger partial charge in [0.25, 0.3) is 5.91 Å². The Morgan fingerprint density at radius 1 is 1.36 bits per heavy atom. The number of fused-ring (bicyclic) bond motifs is 1. The molecule has 0 saturated carbocycles. The summed E-state index contributed by atoms with van der Waals surface area (Å²) in [4.78, 5) is 30.4. The van der Waals surface area contributed by atoms with Crippen molar-refractivity contribution >= 4 is 23.3 Å². The van der Waals surface area contributed by atoms with Gasteiger partial charge in [0.2, 0.25) is 0 Å². The molecule has 1 aromatic carbocycles. The van der Waals surface area contributed by atoms with Gasteiger partial charge in [-0.15, -0.1) is 0 Å². The number of carbonyl (C=O) groups excluding carboxylic acids is 2. The number of nitrogens with one attached hydrogen (secondary N) is 2. The van der Waals surface area contributed by atoms with Gasteiger partial charge in [0.15, 0.2) is 12.1 Å². The molecule has 3 amide bonds.